The van der Waals surface area contributed by atoms with Crippen molar-refractivity contribution in [2.75, 3.05) is 0 Å². The normalized spacial score (nSPS) is 16.5. The SMILES string of the molecule is Cc1ccc2oc3ccc(C(C4=CCC(C)C=C4)c4ccc(-c5ccccc5)cn4)c(C)c3c2c1. The second-order valence-electron chi connectivity index (χ2n) is 9.80. The van der Waals surface area contributed by atoms with Gasteiger partial charge in [-0.1, -0.05) is 79.2 Å². The van der Waals surface area contributed by atoms with E-state index in [1.165, 1.54) is 38.6 Å². The fraction of sp³-hybridized carbons (Fsp3) is 0.182. The molecule has 5 aromatic rings. The average Bonchev–Trinajstić information content (AvgIpc) is 3.26. The van der Waals surface area contributed by atoms with Crippen LogP contribution in [0.4, 0.5) is 0 Å². The Labute approximate surface area is 206 Å². The van der Waals surface area contributed by atoms with Crippen LogP contribution in [0.1, 0.15) is 41.6 Å². The summed E-state index contributed by atoms with van der Waals surface area (Å²) in [5.41, 5.74) is 10.4. The maximum Gasteiger partial charge on any atom is 0.135 e. The highest BCUT2D eigenvalue weighted by molar-refractivity contribution is 6.07. The summed E-state index contributed by atoms with van der Waals surface area (Å²) in [4.78, 5) is 5.01. The van der Waals surface area contributed by atoms with Crippen LogP contribution in [-0.4, -0.2) is 4.98 Å². The first-order chi connectivity index (χ1) is 17.1. The fourth-order valence-corrected chi connectivity index (χ4v) is 5.33. The summed E-state index contributed by atoms with van der Waals surface area (Å²) in [7, 11) is 0. The molecule has 3 aromatic carbocycles. The summed E-state index contributed by atoms with van der Waals surface area (Å²) >= 11 is 0. The van der Waals surface area contributed by atoms with Gasteiger partial charge in [-0.15, -0.1) is 0 Å². The summed E-state index contributed by atoms with van der Waals surface area (Å²) in [6.07, 6.45) is 10.1. The molecule has 0 aliphatic heterocycles. The van der Waals surface area contributed by atoms with Gasteiger partial charge in [0, 0.05) is 22.5 Å². The van der Waals surface area contributed by atoms with E-state index in [4.69, 9.17) is 9.40 Å². The zero-order chi connectivity index (χ0) is 23.9. The Balaban J connectivity index is 1.52. The Hall–Kier alpha value is -3.91. The second kappa shape index (κ2) is 8.70. The number of furan rings is 1. The van der Waals surface area contributed by atoms with Crippen LogP contribution in [-0.2, 0) is 0 Å². The second-order valence-corrected chi connectivity index (χ2v) is 9.80. The van der Waals surface area contributed by atoms with Gasteiger partial charge in [-0.25, -0.2) is 0 Å². The average molecular weight is 456 g/mol. The summed E-state index contributed by atoms with van der Waals surface area (Å²) in [5, 5.41) is 2.40. The van der Waals surface area contributed by atoms with Crippen molar-refractivity contribution in [3.8, 4) is 11.1 Å². The van der Waals surface area contributed by atoms with Crippen molar-refractivity contribution in [1.82, 2.24) is 4.98 Å². The first kappa shape index (κ1) is 21.6. The smallest absolute Gasteiger partial charge is 0.135 e. The lowest BCUT2D eigenvalue weighted by molar-refractivity contribution is 0.668. The monoisotopic (exact) mass is 455 g/mol. The van der Waals surface area contributed by atoms with Gasteiger partial charge in [-0.3, -0.25) is 4.98 Å². The van der Waals surface area contributed by atoms with Gasteiger partial charge in [0.15, 0.2) is 0 Å². The van der Waals surface area contributed by atoms with Crippen molar-refractivity contribution in [1.29, 1.82) is 0 Å². The minimum atomic E-state index is 0.0720. The summed E-state index contributed by atoms with van der Waals surface area (Å²) in [5.74, 6) is 0.639. The van der Waals surface area contributed by atoms with Gasteiger partial charge >= 0.3 is 0 Å². The predicted molar refractivity (Wildman–Crippen MR) is 146 cm³/mol. The number of allylic oxidation sites excluding steroid dienone is 4. The van der Waals surface area contributed by atoms with Crippen molar-refractivity contribution in [2.45, 2.75) is 33.1 Å². The molecule has 2 nitrogen and oxygen atoms in total. The molecule has 0 bridgehead atoms. The lowest BCUT2D eigenvalue weighted by Gasteiger charge is -2.24. The molecule has 1 aliphatic rings. The van der Waals surface area contributed by atoms with Crippen molar-refractivity contribution in [2.24, 2.45) is 5.92 Å². The number of benzene rings is 3. The molecule has 172 valence electrons. The van der Waals surface area contributed by atoms with E-state index in [0.717, 1.165) is 28.8 Å². The molecule has 0 fully saturated rings. The Kier molecular flexibility index (Phi) is 5.37. The number of hydrogen-bond donors (Lipinski definition) is 0. The highest BCUT2D eigenvalue weighted by Gasteiger charge is 2.24. The first-order valence-electron chi connectivity index (χ1n) is 12.4. The van der Waals surface area contributed by atoms with Crippen LogP contribution < -0.4 is 0 Å². The molecule has 0 radical (unpaired) electrons. The number of rotatable bonds is 4. The maximum absolute atomic E-state index is 6.21. The largest absolute Gasteiger partial charge is 0.456 e. The number of fused-ring (bicyclic) bond motifs is 3. The van der Waals surface area contributed by atoms with Gasteiger partial charge in [-0.2, -0.15) is 0 Å². The van der Waals surface area contributed by atoms with Crippen molar-refractivity contribution >= 4 is 21.9 Å². The third-order valence-corrected chi connectivity index (χ3v) is 7.27. The molecule has 6 rings (SSSR count). The van der Waals surface area contributed by atoms with Gasteiger partial charge in [0.05, 0.1) is 11.6 Å². The van der Waals surface area contributed by atoms with Crippen LogP contribution in [0.3, 0.4) is 0 Å². The minimum Gasteiger partial charge on any atom is -0.456 e. The fourth-order valence-electron chi connectivity index (χ4n) is 5.33. The van der Waals surface area contributed by atoms with Gasteiger partial charge in [0.2, 0.25) is 0 Å². The minimum absolute atomic E-state index is 0.0720. The molecule has 2 unspecified atom stereocenters. The van der Waals surface area contributed by atoms with E-state index in [2.05, 4.69) is 106 Å². The van der Waals surface area contributed by atoms with Crippen LogP contribution in [0.2, 0.25) is 0 Å². The molecule has 2 atom stereocenters. The lowest BCUT2D eigenvalue weighted by atomic mass is 9.81. The molecule has 0 N–H and O–H groups in total. The Bertz CT molecular complexity index is 1590. The third-order valence-electron chi connectivity index (χ3n) is 7.27. The number of nitrogens with zero attached hydrogens (tertiary/aromatic N) is 1. The molecule has 2 aromatic heterocycles. The molecule has 2 heterocycles. The van der Waals surface area contributed by atoms with Gasteiger partial charge in [-0.05, 0) is 72.7 Å². The van der Waals surface area contributed by atoms with E-state index in [-0.39, 0.29) is 5.92 Å². The maximum atomic E-state index is 6.21. The van der Waals surface area contributed by atoms with Gasteiger partial charge in [0.1, 0.15) is 11.2 Å². The zero-order valence-electron chi connectivity index (χ0n) is 20.5. The number of aromatic nitrogens is 1. The van der Waals surface area contributed by atoms with Gasteiger partial charge < -0.3 is 4.42 Å². The van der Waals surface area contributed by atoms with E-state index in [1.807, 2.05) is 12.3 Å². The Morgan fingerprint density at radius 1 is 0.886 bits per heavy atom. The summed E-state index contributed by atoms with van der Waals surface area (Å²) in [6, 6.07) is 25.6. The highest BCUT2D eigenvalue weighted by Crippen LogP contribution is 2.41. The van der Waals surface area contributed by atoms with Crippen LogP contribution in [0.5, 0.6) is 0 Å². The van der Waals surface area contributed by atoms with Crippen LogP contribution in [0.25, 0.3) is 33.1 Å². The molecule has 0 spiro atoms. The number of aryl methyl sites for hydroxylation is 2. The van der Waals surface area contributed by atoms with Crippen molar-refractivity contribution < 1.29 is 4.42 Å². The number of hydrogen-bond acceptors (Lipinski definition) is 2. The molecule has 35 heavy (non-hydrogen) atoms. The highest BCUT2D eigenvalue weighted by atomic mass is 16.3. The molecular weight excluding hydrogens is 426 g/mol. The topological polar surface area (TPSA) is 26.0 Å². The van der Waals surface area contributed by atoms with Crippen molar-refractivity contribution in [3.05, 3.63) is 125 Å². The molecule has 1 aliphatic carbocycles. The molecule has 0 saturated carbocycles. The summed E-state index contributed by atoms with van der Waals surface area (Å²) < 4.78 is 6.21. The Morgan fingerprint density at radius 2 is 1.71 bits per heavy atom. The standard InChI is InChI=1S/C33H29NO/c1-21-9-12-25(13-10-21)33(29-16-14-26(20-34-29)24-7-5-4-6-8-24)27-15-18-31-32(23(27)3)28-19-22(2)11-17-30(28)35-31/h4-9,11-21,33H,10H2,1-3H3. The van der Waals surface area contributed by atoms with E-state index in [1.54, 1.807) is 0 Å². The third kappa shape index (κ3) is 3.89. The van der Waals surface area contributed by atoms with Crippen LogP contribution in [0, 0.1) is 19.8 Å². The van der Waals surface area contributed by atoms with E-state index < -0.39 is 0 Å². The zero-order valence-corrected chi connectivity index (χ0v) is 20.5. The molecule has 0 saturated heterocycles. The van der Waals surface area contributed by atoms with E-state index >= 15 is 0 Å². The van der Waals surface area contributed by atoms with Crippen LogP contribution in [0.15, 0.2) is 107 Å². The van der Waals surface area contributed by atoms with Crippen LogP contribution >= 0.6 is 0 Å². The number of pyridine rings is 1. The molecular formula is C33H29NO. The van der Waals surface area contributed by atoms with Crippen molar-refractivity contribution in [3.63, 3.8) is 0 Å². The summed E-state index contributed by atoms with van der Waals surface area (Å²) in [6.45, 7) is 6.64. The quantitative estimate of drug-likeness (QED) is 0.270. The molecule has 0 amide bonds. The van der Waals surface area contributed by atoms with Gasteiger partial charge in [0.25, 0.3) is 0 Å². The lowest BCUT2D eigenvalue weighted by Crippen LogP contribution is -2.10. The predicted octanol–water partition coefficient (Wildman–Crippen LogP) is 8.92. The van der Waals surface area contributed by atoms with E-state index in [9.17, 15) is 0 Å². The first-order valence-corrected chi connectivity index (χ1v) is 12.4. The Morgan fingerprint density at radius 3 is 2.46 bits per heavy atom. The molecule has 2 heteroatoms. The van der Waals surface area contributed by atoms with E-state index in [0.29, 0.717) is 5.92 Å².